The molecule has 0 aromatic heterocycles. The molecule has 1 fully saturated rings. The van der Waals surface area contributed by atoms with Gasteiger partial charge in [0.05, 0.1) is 11.5 Å². The van der Waals surface area contributed by atoms with E-state index in [1.807, 2.05) is 11.9 Å². The second kappa shape index (κ2) is 4.85. The van der Waals surface area contributed by atoms with Gasteiger partial charge in [0, 0.05) is 18.3 Å². The SMILES string of the molecule is CN(Cc1cc(F)ccc1N)C1CCS(=O)(=O)C1. The van der Waals surface area contributed by atoms with Crippen LogP contribution in [-0.2, 0) is 16.4 Å². The van der Waals surface area contributed by atoms with Crippen LogP contribution in [0.4, 0.5) is 10.1 Å². The number of halogens is 1. The Morgan fingerprint density at radius 3 is 2.83 bits per heavy atom. The number of sulfone groups is 1. The summed E-state index contributed by atoms with van der Waals surface area (Å²) in [7, 11) is -1.05. The molecule has 0 radical (unpaired) electrons. The predicted octanol–water partition coefficient (Wildman–Crippen LogP) is 1.03. The topological polar surface area (TPSA) is 63.4 Å². The first-order valence-electron chi connectivity index (χ1n) is 5.82. The standard InChI is InChI=1S/C12H17FN2O2S/c1-15(11-4-5-18(16,17)8-11)7-9-6-10(13)2-3-12(9)14/h2-3,6,11H,4-5,7-8,14H2,1H3. The van der Waals surface area contributed by atoms with Crippen LogP contribution in [0, 0.1) is 5.82 Å². The minimum atomic E-state index is -2.90. The molecule has 1 atom stereocenters. The third kappa shape index (κ3) is 3.00. The van der Waals surface area contributed by atoms with E-state index in [1.165, 1.54) is 18.2 Å². The molecule has 2 rings (SSSR count). The van der Waals surface area contributed by atoms with E-state index in [2.05, 4.69) is 0 Å². The van der Waals surface area contributed by atoms with Gasteiger partial charge < -0.3 is 5.73 Å². The minimum absolute atomic E-state index is 0.00216. The number of hydrogen-bond acceptors (Lipinski definition) is 4. The lowest BCUT2D eigenvalue weighted by molar-refractivity contribution is 0.254. The Bertz CT molecular complexity index is 545. The van der Waals surface area contributed by atoms with Crippen LogP contribution in [0.15, 0.2) is 18.2 Å². The third-order valence-electron chi connectivity index (χ3n) is 3.36. The summed E-state index contributed by atoms with van der Waals surface area (Å²) in [6, 6.07) is 4.25. The van der Waals surface area contributed by atoms with Crippen molar-refractivity contribution in [3.8, 4) is 0 Å². The third-order valence-corrected chi connectivity index (χ3v) is 5.11. The van der Waals surface area contributed by atoms with Gasteiger partial charge in [0.15, 0.2) is 9.84 Å². The monoisotopic (exact) mass is 272 g/mol. The zero-order valence-corrected chi connectivity index (χ0v) is 11.1. The number of benzene rings is 1. The van der Waals surface area contributed by atoms with E-state index < -0.39 is 9.84 Å². The van der Waals surface area contributed by atoms with Crippen molar-refractivity contribution in [1.29, 1.82) is 0 Å². The van der Waals surface area contributed by atoms with Crippen molar-refractivity contribution in [2.45, 2.75) is 19.0 Å². The summed E-state index contributed by atoms with van der Waals surface area (Å²) in [4.78, 5) is 1.93. The van der Waals surface area contributed by atoms with Crippen molar-refractivity contribution in [2.75, 3.05) is 24.3 Å². The van der Waals surface area contributed by atoms with E-state index in [-0.39, 0.29) is 23.4 Å². The van der Waals surface area contributed by atoms with Gasteiger partial charge in [-0.05, 0) is 37.2 Å². The first kappa shape index (κ1) is 13.3. The van der Waals surface area contributed by atoms with Gasteiger partial charge in [0.25, 0.3) is 0 Å². The zero-order chi connectivity index (χ0) is 13.3. The Hall–Kier alpha value is -1.14. The molecule has 0 aliphatic carbocycles. The fourth-order valence-corrected chi connectivity index (χ4v) is 4.04. The highest BCUT2D eigenvalue weighted by molar-refractivity contribution is 7.91. The fourth-order valence-electron chi connectivity index (χ4n) is 2.23. The van der Waals surface area contributed by atoms with Gasteiger partial charge >= 0.3 is 0 Å². The molecule has 1 aromatic carbocycles. The van der Waals surface area contributed by atoms with Crippen molar-refractivity contribution < 1.29 is 12.8 Å². The van der Waals surface area contributed by atoms with Crippen LogP contribution in [0.25, 0.3) is 0 Å². The Labute approximate surface area is 107 Å². The van der Waals surface area contributed by atoms with E-state index in [9.17, 15) is 12.8 Å². The normalized spacial score (nSPS) is 22.5. The average molecular weight is 272 g/mol. The molecular weight excluding hydrogens is 255 g/mol. The Morgan fingerprint density at radius 1 is 1.50 bits per heavy atom. The van der Waals surface area contributed by atoms with Crippen molar-refractivity contribution in [1.82, 2.24) is 4.90 Å². The number of anilines is 1. The number of rotatable bonds is 3. The molecule has 1 unspecified atom stereocenters. The van der Waals surface area contributed by atoms with E-state index in [1.54, 1.807) is 0 Å². The summed E-state index contributed by atoms with van der Waals surface area (Å²) in [6.07, 6.45) is 0.633. The maximum Gasteiger partial charge on any atom is 0.151 e. The summed E-state index contributed by atoms with van der Waals surface area (Å²) in [5.74, 6) is 0.0888. The molecule has 1 aliphatic rings. The zero-order valence-electron chi connectivity index (χ0n) is 10.3. The predicted molar refractivity (Wildman–Crippen MR) is 69.3 cm³/mol. The summed E-state index contributed by atoms with van der Waals surface area (Å²) < 4.78 is 35.9. The highest BCUT2D eigenvalue weighted by atomic mass is 32.2. The van der Waals surface area contributed by atoms with E-state index in [0.29, 0.717) is 24.2 Å². The number of hydrogen-bond donors (Lipinski definition) is 1. The van der Waals surface area contributed by atoms with Gasteiger partial charge in [-0.3, -0.25) is 4.90 Å². The van der Waals surface area contributed by atoms with Gasteiger partial charge in [-0.2, -0.15) is 0 Å². The van der Waals surface area contributed by atoms with Crippen LogP contribution in [0.3, 0.4) is 0 Å². The second-order valence-electron chi connectivity index (χ2n) is 4.82. The quantitative estimate of drug-likeness (QED) is 0.835. The molecule has 0 bridgehead atoms. The molecule has 100 valence electrons. The molecule has 0 spiro atoms. The molecule has 1 heterocycles. The van der Waals surface area contributed by atoms with Crippen LogP contribution in [0.2, 0.25) is 0 Å². The molecule has 1 aromatic rings. The van der Waals surface area contributed by atoms with Crippen molar-refractivity contribution in [3.05, 3.63) is 29.6 Å². The molecule has 0 amide bonds. The van der Waals surface area contributed by atoms with Crippen molar-refractivity contribution in [2.24, 2.45) is 0 Å². The highest BCUT2D eigenvalue weighted by Gasteiger charge is 2.30. The van der Waals surface area contributed by atoms with Gasteiger partial charge in [0.2, 0.25) is 0 Å². The Morgan fingerprint density at radius 2 is 2.22 bits per heavy atom. The summed E-state index contributed by atoms with van der Waals surface area (Å²) in [5, 5.41) is 0. The molecule has 1 aliphatic heterocycles. The number of nitrogens with two attached hydrogens (primary N) is 1. The maximum absolute atomic E-state index is 13.1. The maximum atomic E-state index is 13.1. The van der Waals surface area contributed by atoms with Crippen LogP contribution >= 0.6 is 0 Å². The molecule has 18 heavy (non-hydrogen) atoms. The van der Waals surface area contributed by atoms with E-state index in [0.717, 1.165) is 0 Å². The smallest absolute Gasteiger partial charge is 0.151 e. The molecule has 2 N–H and O–H groups in total. The summed E-state index contributed by atoms with van der Waals surface area (Å²) >= 11 is 0. The lowest BCUT2D eigenvalue weighted by atomic mass is 10.1. The van der Waals surface area contributed by atoms with E-state index >= 15 is 0 Å². The van der Waals surface area contributed by atoms with Gasteiger partial charge in [-0.1, -0.05) is 0 Å². The van der Waals surface area contributed by atoms with Gasteiger partial charge in [-0.15, -0.1) is 0 Å². The number of nitrogens with zero attached hydrogens (tertiary/aromatic N) is 1. The Balaban J connectivity index is 2.08. The Kier molecular flexibility index (Phi) is 3.59. The summed E-state index contributed by atoms with van der Waals surface area (Å²) in [6.45, 7) is 0.462. The van der Waals surface area contributed by atoms with E-state index in [4.69, 9.17) is 5.73 Å². The second-order valence-corrected chi connectivity index (χ2v) is 7.04. The minimum Gasteiger partial charge on any atom is -0.398 e. The highest BCUT2D eigenvalue weighted by Crippen LogP contribution is 2.21. The van der Waals surface area contributed by atoms with Crippen molar-refractivity contribution in [3.63, 3.8) is 0 Å². The van der Waals surface area contributed by atoms with Gasteiger partial charge in [0.1, 0.15) is 5.82 Å². The molecule has 4 nitrogen and oxygen atoms in total. The summed E-state index contributed by atoms with van der Waals surface area (Å²) in [5.41, 5.74) is 7.01. The molecule has 0 saturated carbocycles. The van der Waals surface area contributed by atoms with Crippen molar-refractivity contribution >= 4 is 15.5 Å². The molecule has 1 saturated heterocycles. The first-order valence-corrected chi connectivity index (χ1v) is 7.64. The lowest BCUT2D eigenvalue weighted by Crippen LogP contribution is -2.32. The average Bonchev–Trinajstić information content (AvgIpc) is 2.64. The number of nitrogen functional groups attached to an aromatic ring is 1. The van der Waals surface area contributed by atoms with Crippen LogP contribution < -0.4 is 5.73 Å². The molecule has 6 heteroatoms. The lowest BCUT2D eigenvalue weighted by Gasteiger charge is -2.23. The van der Waals surface area contributed by atoms with Crippen LogP contribution in [-0.4, -0.2) is 37.9 Å². The largest absolute Gasteiger partial charge is 0.398 e. The molecular formula is C12H17FN2O2S. The van der Waals surface area contributed by atoms with Crippen LogP contribution in [0.5, 0.6) is 0 Å². The van der Waals surface area contributed by atoms with Gasteiger partial charge in [-0.25, -0.2) is 12.8 Å². The fraction of sp³-hybridized carbons (Fsp3) is 0.500. The first-order chi connectivity index (χ1) is 8.37. The van der Waals surface area contributed by atoms with Crippen LogP contribution in [0.1, 0.15) is 12.0 Å².